The molecule has 1 rings (SSSR count). The van der Waals surface area contributed by atoms with Gasteiger partial charge in [-0.05, 0) is 5.56 Å². The van der Waals surface area contributed by atoms with E-state index >= 15 is 0 Å². The molecule has 0 aliphatic rings. The normalized spacial score (nSPS) is 11.3. The van der Waals surface area contributed by atoms with E-state index in [1.807, 2.05) is 18.2 Å². The van der Waals surface area contributed by atoms with E-state index in [1.165, 1.54) is 5.56 Å². The number of nitrogens with zero attached hydrogens (tertiary/aromatic N) is 1. The fourth-order valence-corrected chi connectivity index (χ4v) is 1.70. The smallest absolute Gasteiger partial charge is 0.0608 e. The molecule has 0 fully saturated rings. The quantitative estimate of drug-likeness (QED) is 0.773. The van der Waals surface area contributed by atoms with E-state index in [0.717, 1.165) is 13.1 Å². The monoisotopic (exact) mass is 226 g/mol. The van der Waals surface area contributed by atoms with Crippen molar-refractivity contribution in [1.29, 1.82) is 0 Å². The van der Waals surface area contributed by atoms with E-state index in [-0.39, 0.29) is 0 Å². The van der Waals surface area contributed by atoms with Crippen LogP contribution in [0, 0.1) is 0 Å². The van der Waals surface area contributed by atoms with E-state index in [4.69, 9.17) is 0 Å². The first-order valence-electron chi connectivity index (χ1n) is 4.95. The van der Waals surface area contributed by atoms with Gasteiger partial charge in [0.1, 0.15) is 0 Å². The van der Waals surface area contributed by atoms with Crippen LogP contribution in [0.5, 0.6) is 0 Å². The van der Waals surface area contributed by atoms with Crippen LogP contribution in [0.25, 0.3) is 0 Å². The Morgan fingerprint density at radius 1 is 1.27 bits per heavy atom. The van der Waals surface area contributed by atoms with E-state index in [0.29, 0.717) is 6.54 Å². The van der Waals surface area contributed by atoms with E-state index in [9.17, 15) is 4.21 Å². The molecule has 0 heterocycles. The minimum Gasteiger partial charge on any atom is -0.311 e. The molecule has 0 bridgehead atoms. The van der Waals surface area contributed by atoms with Gasteiger partial charge in [0.25, 0.3) is 0 Å². The third kappa shape index (κ3) is 6.25. The van der Waals surface area contributed by atoms with E-state index in [1.54, 1.807) is 12.5 Å². The molecule has 15 heavy (non-hydrogen) atoms. The highest BCUT2D eigenvalue weighted by atomic mass is 32.2. The molecule has 0 saturated heterocycles. The maximum absolute atomic E-state index is 11.2. The predicted molar refractivity (Wildman–Crippen MR) is 65.4 cm³/mol. The van der Waals surface area contributed by atoms with Crippen LogP contribution >= 0.6 is 0 Å². The standard InChI is InChI=1S/C11H18N2OS/c1-15(2,14)13-9-8-12-10-11-6-4-3-5-7-11/h3-7,12H,8-10H2,1-2H3. The molecule has 0 atom stereocenters. The van der Waals surface area contributed by atoms with E-state index < -0.39 is 9.73 Å². The molecule has 0 aliphatic carbocycles. The average molecular weight is 226 g/mol. The summed E-state index contributed by atoms with van der Waals surface area (Å²) < 4.78 is 15.3. The Hall–Kier alpha value is -0.870. The van der Waals surface area contributed by atoms with Crippen LogP contribution in [0.1, 0.15) is 5.56 Å². The third-order valence-electron chi connectivity index (χ3n) is 1.86. The summed E-state index contributed by atoms with van der Waals surface area (Å²) in [5.41, 5.74) is 1.26. The molecule has 3 nitrogen and oxygen atoms in total. The third-order valence-corrected chi connectivity index (χ3v) is 2.67. The van der Waals surface area contributed by atoms with E-state index in [2.05, 4.69) is 21.8 Å². The maximum Gasteiger partial charge on any atom is 0.0608 e. The second-order valence-electron chi connectivity index (χ2n) is 3.70. The Balaban J connectivity index is 2.21. The molecular formula is C11H18N2OS. The molecule has 0 saturated carbocycles. The van der Waals surface area contributed by atoms with Gasteiger partial charge in [-0.25, -0.2) is 4.36 Å². The zero-order valence-electron chi connectivity index (χ0n) is 9.27. The van der Waals surface area contributed by atoms with Gasteiger partial charge in [0.15, 0.2) is 0 Å². The number of rotatable bonds is 5. The molecule has 1 N–H and O–H groups in total. The minimum atomic E-state index is -1.93. The lowest BCUT2D eigenvalue weighted by Crippen LogP contribution is -2.17. The molecule has 0 aromatic heterocycles. The molecule has 0 unspecified atom stereocenters. The summed E-state index contributed by atoms with van der Waals surface area (Å²) in [4.78, 5) is 0. The summed E-state index contributed by atoms with van der Waals surface area (Å²) >= 11 is 0. The van der Waals surface area contributed by atoms with Gasteiger partial charge in [0.05, 0.1) is 6.54 Å². The van der Waals surface area contributed by atoms with Gasteiger partial charge < -0.3 is 5.32 Å². The first kappa shape index (κ1) is 12.2. The van der Waals surface area contributed by atoms with Gasteiger partial charge in [-0.3, -0.25) is 4.21 Å². The van der Waals surface area contributed by atoms with Gasteiger partial charge in [0, 0.05) is 35.3 Å². The zero-order valence-corrected chi connectivity index (χ0v) is 10.1. The Morgan fingerprint density at radius 3 is 2.53 bits per heavy atom. The van der Waals surface area contributed by atoms with Crippen molar-refractivity contribution in [3.63, 3.8) is 0 Å². The number of hydrogen-bond acceptors (Lipinski definition) is 3. The molecular weight excluding hydrogens is 208 g/mol. The van der Waals surface area contributed by atoms with Crippen LogP contribution < -0.4 is 5.32 Å². The van der Waals surface area contributed by atoms with Crippen LogP contribution in [-0.4, -0.2) is 29.8 Å². The highest BCUT2D eigenvalue weighted by Crippen LogP contribution is 1.96. The first-order chi connectivity index (χ1) is 7.08. The first-order valence-corrected chi connectivity index (χ1v) is 7.28. The molecule has 84 valence electrons. The molecule has 1 aromatic rings. The van der Waals surface area contributed by atoms with Crippen molar-refractivity contribution in [2.75, 3.05) is 25.6 Å². The average Bonchev–Trinajstić information content (AvgIpc) is 2.17. The van der Waals surface area contributed by atoms with Gasteiger partial charge in [-0.2, -0.15) is 0 Å². The van der Waals surface area contributed by atoms with Crippen LogP contribution in [-0.2, 0) is 16.3 Å². The maximum atomic E-state index is 11.2. The lowest BCUT2D eigenvalue weighted by Gasteiger charge is -2.02. The van der Waals surface area contributed by atoms with Gasteiger partial charge in [-0.1, -0.05) is 30.3 Å². The Labute approximate surface area is 92.1 Å². The molecule has 0 aliphatic heterocycles. The summed E-state index contributed by atoms with van der Waals surface area (Å²) in [6.07, 6.45) is 3.31. The largest absolute Gasteiger partial charge is 0.311 e. The second kappa shape index (κ2) is 5.88. The second-order valence-corrected chi connectivity index (χ2v) is 6.32. The highest BCUT2D eigenvalue weighted by molar-refractivity contribution is 7.92. The van der Waals surface area contributed by atoms with Gasteiger partial charge >= 0.3 is 0 Å². The highest BCUT2D eigenvalue weighted by Gasteiger charge is 1.91. The lowest BCUT2D eigenvalue weighted by atomic mass is 10.2. The Kier molecular flexibility index (Phi) is 4.78. The summed E-state index contributed by atoms with van der Waals surface area (Å²) in [5, 5.41) is 3.25. The van der Waals surface area contributed by atoms with Crippen LogP contribution in [0.3, 0.4) is 0 Å². The van der Waals surface area contributed by atoms with Crippen molar-refractivity contribution in [3.05, 3.63) is 35.9 Å². The summed E-state index contributed by atoms with van der Waals surface area (Å²) in [5.74, 6) is 0. The van der Waals surface area contributed by atoms with Crippen LogP contribution in [0.15, 0.2) is 34.7 Å². The Morgan fingerprint density at radius 2 is 1.93 bits per heavy atom. The van der Waals surface area contributed by atoms with Crippen molar-refractivity contribution < 1.29 is 4.21 Å². The van der Waals surface area contributed by atoms with Crippen LogP contribution in [0.4, 0.5) is 0 Å². The van der Waals surface area contributed by atoms with Crippen LogP contribution in [0.2, 0.25) is 0 Å². The lowest BCUT2D eigenvalue weighted by molar-refractivity contribution is 0.673. The molecule has 0 amide bonds. The number of nitrogens with one attached hydrogen (secondary N) is 1. The summed E-state index contributed by atoms with van der Waals surface area (Å²) in [7, 11) is -1.93. The number of hydrogen-bond donors (Lipinski definition) is 1. The molecule has 0 radical (unpaired) electrons. The summed E-state index contributed by atoms with van der Waals surface area (Å²) in [6.45, 7) is 2.22. The summed E-state index contributed by atoms with van der Waals surface area (Å²) in [6, 6.07) is 10.2. The fourth-order valence-electron chi connectivity index (χ4n) is 1.17. The predicted octanol–water partition coefficient (Wildman–Crippen LogP) is 1.50. The number of benzene rings is 1. The van der Waals surface area contributed by atoms with Gasteiger partial charge in [0.2, 0.25) is 0 Å². The SMILES string of the molecule is CS(C)(=O)=NCCNCc1ccccc1. The molecule has 1 aromatic carbocycles. The fraction of sp³-hybridized carbons (Fsp3) is 0.455. The van der Waals surface area contributed by atoms with Gasteiger partial charge in [-0.15, -0.1) is 0 Å². The van der Waals surface area contributed by atoms with Crippen molar-refractivity contribution in [2.45, 2.75) is 6.54 Å². The van der Waals surface area contributed by atoms with Crippen molar-refractivity contribution >= 4 is 9.73 Å². The van der Waals surface area contributed by atoms with Crippen molar-refractivity contribution in [1.82, 2.24) is 5.32 Å². The topological polar surface area (TPSA) is 41.5 Å². The molecule has 4 heteroatoms. The molecule has 0 spiro atoms. The Bertz CT molecular complexity index is 386. The minimum absolute atomic E-state index is 0.610. The van der Waals surface area contributed by atoms with Crippen molar-refractivity contribution in [2.24, 2.45) is 4.36 Å². The van der Waals surface area contributed by atoms with Crippen molar-refractivity contribution in [3.8, 4) is 0 Å². The zero-order chi connectivity index (χ0) is 11.1.